The maximum absolute atomic E-state index is 14.4. The molecule has 0 saturated heterocycles. The number of carboxylic acid groups (broad SMARTS) is 1. The zero-order chi connectivity index (χ0) is 21.9. The van der Waals surface area contributed by atoms with Gasteiger partial charge in [-0.1, -0.05) is 6.92 Å². The largest absolute Gasteiger partial charge is 0.534 e. The van der Waals surface area contributed by atoms with Crippen LogP contribution in [-0.2, 0) is 16.5 Å². The molecule has 1 fully saturated rings. The van der Waals surface area contributed by atoms with Gasteiger partial charge < -0.3 is 13.9 Å². The highest BCUT2D eigenvalue weighted by molar-refractivity contribution is 7.88. The van der Waals surface area contributed by atoms with Crippen molar-refractivity contribution in [3.8, 4) is 5.75 Å². The molecule has 0 amide bonds. The van der Waals surface area contributed by atoms with E-state index in [-0.39, 0.29) is 12.1 Å². The van der Waals surface area contributed by atoms with Crippen LogP contribution in [0.15, 0.2) is 10.9 Å². The average Bonchev–Trinajstić information content (AvgIpc) is 3.42. The normalized spacial score (nSPS) is 15.0. The summed E-state index contributed by atoms with van der Waals surface area (Å²) in [6.45, 7) is 1.44. The SMILES string of the molecule is CCc1c(C(=O)O)c(=O)c2cc(F)c(F)c(OS(=O)(=O)C(F)(F)F)c2n1C1CC1. The van der Waals surface area contributed by atoms with Crippen molar-refractivity contribution in [2.45, 2.75) is 37.7 Å². The number of pyridine rings is 1. The Morgan fingerprint density at radius 3 is 2.34 bits per heavy atom. The molecular weight excluding hydrogens is 429 g/mol. The lowest BCUT2D eigenvalue weighted by atomic mass is 10.0. The second-order valence-electron chi connectivity index (χ2n) is 6.29. The van der Waals surface area contributed by atoms with E-state index in [0.29, 0.717) is 18.9 Å². The van der Waals surface area contributed by atoms with Gasteiger partial charge in [0, 0.05) is 11.7 Å². The van der Waals surface area contributed by atoms with E-state index in [0.717, 1.165) is 4.57 Å². The first-order chi connectivity index (χ1) is 13.3. The number of carbonyl (C=O) groups is 1. The van der Waals surface area contributed by atoms with Crippen LogP contribution in [0.5, 0.6) is 5.75 Å². The summed E-state index contributed by atoms with van der Waals surface area (Å²) in [6, 6.07) is -0.239. The zero-order valence-electron chi connectivity index (χ0n) is 14.5. The lowest BCUT2D eigenvalue weighted by molar-refractivity contribution is -0.0500. The third kappa shape index (κ3) is 3.32. The summed E-state index contributed by atoms with van der Waals surface area (Å²) >= 11 is 0. The predicted octanol–water partition coefficient (Wildman–Crippen LogP) is 3.10. The van der Waals surface area contributed by atoms with Gasteiger partial charge in [0.1, 0.15) is 11.1 Å². The molecule has 13 heteroatoms. The van der Waals surface area contributed by atoms with Gasteiger partial charge in [0.05, 0.1) is 5.39 Å². The van der Waals surface area contributed by atoms with Gasteiger partial charge in [0.15, 0.2) is 5.82 Å². The van der Waals surface area contributed by atoms with Crippen molar-refractivity contribution < 1.29 is 44.5 Å². The minimum absolute atomic E-state index is 0.103. The van der Waals surface area contributed by atoms with E-state index in [4.69, 9.17) is 0 Å². The van der Waals surface area contributed by atoms with Gasteiger partial charge in [-0.3, -0.25) is 4.79 Å². The third-order valence-corrected chi connectivity index (χ3v) is 5.33. The number of benzene rings is 1. The molecule has 1 aliphatic carbocycles. The number of hydrogen-bond acceptors (Lipinski definition) is 5. The van der Waals surface area contributed by atoms with E-state index >= 15 is 0 Å². The van der Waals surface area contributed by atoms with Gasteiger partial charge >= 0.3 is 21.6 Å². The lowest BCUT2D eigenvalue weighted by Crippen LogP contribution is -2.30. The van der Waals surface area contributed by atoms with Crippen molar-refractivity contribution in [3.05, 3.63) is 39.2 Å². The summed E-state index contributed by atoms with van der Waals surface area (Å²) in [5.41, 5.74) is -8.92. The first-order valence-corrected chi connectivity index (χ1v) is 9.55. The van der Waals surface area contributed by atoms with Gasteiger partial charge in [0.25, 0.3) is 0 Å². The van der Waals surface area contributed by atoms with Crippen LogP contribution in [0.2, 0.25) is 0 Å². The molecule has 7 nitrogen and oxygen atoms in total. The van der Waals surface area contributed by atoms with E-state index in [1.165, 1.54) is 6.92 Å². The standard InChI is InChI=1S/C16H12F5NO6S/c1-2-9-10(15(24)25)13(23)7-5-8(17)11(18)14(12(7)22(9)6-3-4-6)28-29(26,27)16(19,20)21/h5-6H,2-4H2,1H3,(H,24,25). The molecule has 0 radical (unpaired) electrons. The number of carboxylic acids is 1. The van der Waals surface area contributed by atoms with E-state index in [9.17, 15) is 45.1 Å². The molecule has 1 N–H and O–H groups in total. The first-order valence-electron chi connectivity index (χ1n) is 8.14. The minimum Gasteiger partial charge on any atom is -0.477 e. The molecule has 0 aliphatic heterocycles. The molecule has 1 aliphatic rings. The quantitative estimate of drug-likeness (QED) is 0.435. The molecule has 2 aromatic rings. The highest BCUT2D eigenvalue weighted by atomic mass is 32.2. The van der Waals surface area contributed by atoms with E-state index < -0.39 is 66.9 Å². The van der Waals surface area contributed by atoms with Crippen LogP contribution < -0.4 is 9.61 Å². The van der Waals surface area contributed by atoms with Crippen molar-refractivity contribution in [1.29, 1.82) is 0 Å². The molecule has 158 valence electrons. The number of rotatable bonds is 5. The Morgan fingerprint density at radius 1 is 1.31 bits per heavy atom. The van der Waals surface area contributed by atoms with Gasteiger partial charge in [-0.15, -0.1) is 0 Å². The van der Waals surface area contributed by atoms with Crippen LogP contribution in [0, 0.1) is 11.6 Å². The molecule has 0 atom stereocenters. The Labute approximate surface area is 159 Å². The van der Waals surface area contributed by atoms with Gasteiger partial charge in [0.2, 0.25) is 17.0 Å². The minimum atomic E-state index is -6.40. The van der Waals surface area contributed by atoms with Crippen molar-refractivity contribution >= 4 is 27.0 Å². The number of halogens is 5. The van der Waals surface area contributed by atoms with E-state index in [2.05, 4.69) is 4.18 Å². The molecular formula is C16H12F5NO6S. The lowest BCUT2D eigenvalue weighted by Gasteiger charge is -2.21. The van der Waals surface area contributed by atoms with Crippen LogP contribution >= 0.6 is 0 Å². The Hall–Kier alpha value is -2.70. The number of hydrogen-bond donors (Lipinski definition) is 1. The van der Waals surface area contributed by atoms with Crippen molar-refractivity contribution in [1.82, 2.24) is 4.57 Å². The Bertz CT molecular complexity index is 1200. The Kier molecular flexibility index (Phi) is 4.84. The van der Waals surface area contributed by atoms with Crippen molar-refractivity contribution in [2.75, 3.05) is 0 Å². The summed E-state index contributed by atoms with van der Waals surface area (Å²) in [4.78, 5) is 24.2. The number of aromatic nitrogens is 1. The fourth-order valence-corrected chi connectivity index (χ4v) is 3.53. The predicted molar refractivity (Wildman–Crippen MR) is 88.3 cm³/mol. The molecule has 1 aromatic carbocycles. The van der Waals surface area contributed by atoms with Crippen LogP contribution in [0.4, 0.5) is 22.0 Å². The van der Waals surface area contributed by atoms with Gasteiger partial charge in [-0.05, 0) is 25.3 Å². The van der Waals surface area contributed by atoms with Crippen molar-refractivity contribution in [3.63, 3.8) is 0 Å². The monoisotopic (exact) mass is 441 g/mol. The smallest absolute Gasteiger partial charge is 0.477 e. The molecule has 29 heavy (non-hydrogen) atoms. The molecule has 3 rings (SSSR count). The second kappa shape index (κ2) is 6.68. The topological polar surface area (TPSA) is 103 Å². The van der Waals surface area contributed by atoms with Gasteiger partial charge in [-0.2, -0.15) is 26.0 Å². The number of aromatic carboxylic acids is 1. The van der Waals surface area contributed by atoms with E-state index in [1.807, 2.05) is 0 Å². The summed E-state index contributed by atoms with van der Waals surface area (Å²) in [5, 5.41) is 8.59. The van der Waals surface area contributed by atoms with E-state index in [1.54, 1.807) is 0 Å². The molecule has 0 unspecified atom stereocenters. The van der Waals surface area contributed by atoms with Crippen LogP contribution in [-0.4, -0.2) is 29.6 Å². The zero-order valence-corrected chi connectivity index (χ0v) is 15.3. The third-order valence-electron chi connectivity index (χ3n) is 4.38. The van der Waals surface area contributed by atoms with Crippen molar-refractivity contribution in [2.24, 2.45) is 0 Å². The summed E-state index contributed by atoms with van der Waals surface area (Å²) in [7, 11) is -6.40. The number of fused-ring (bicyclic) bond motifs is 1. The average molecular weight is 441 g/mol. The number of alkyl halides is 3. The maximum Gasteiger partial charge on any atom is 0.534 e. The molecule has 1 aromatic heterocycles. The second-order valence-corrected chi connectivity index (χ2v) is 7.83. The fraction of sp³-hybridized carbons (Fsp3) is 0.375. The van der Waals surface area contributed by atoms with Gasteiger partial charge in [-0.25, -0.2) is 9.18 Å². The first kappa shape index (κ1) is 21.0. The highest BCUT2D eigenvalue weighted by Crippen LogP contribution is 2.43. The molecule has 1 saturated carbocycles. The Morgan fingerprint density at radius 2 is 1.90 bits per heavy atom. The maximum atomic E-state index is 14.4. The number of nitrogens with zero attached hydrogens (tertiary/aromatic N) is 1. The molecule has 0 bridgehead atoms. The Balaban J connectivity index is 2.53. The van der Waals surface area contributed by atoms with Crippen LogP contribution in [0.1, 0.15) is 41.9 Å². The summed E-state index contributed by atoms with van der Waals surface area (Å²) in [6.07, 6.45) is 0.691. The van der Waals surface area contributed by atoms with Crippen LogP contribution in [0.25, 0.3) is 10.9 Å². The fourth-order valence-electron chi connectivity index (χ4n) is 3.06. The molecule has 1 heterocycles. The van der Waals surface area contributed by atoms with Crippen LogP contribution in [0.3, 0.4) is 0 Å². The summed E-state index contributed by atoms with van der Waals surface area (Å²) in [5.74, 6) is -7.24. The molecule has 0 spiro atoms. The summed E-state index contributed by atoms with van der Waals surface area (Å²) < 4.78 is 94.4. The highest BCUT2D eigenvalue weighted by Gasteiger charge is 2.49.